The van der Waals surface area contributed by atoms with Crippen molar-refractivity contribution < 1.29 is 43.2 Å². The minimum absolute atomic E-state index is 0.168. The van der Waals surface area contributed by atoms with Crippen molar-refractivity contribution in [3.63, 3.8) is 0 Å². The summed E-state index contributed by atoms with van der Waals surface area (Å²) in [5.41, 5.74) is -12.1. The molecule has 0 aliphatic heterocycles. The molecular weight excluding hydrogens is 374 g/mol. The Balaban J connectivity index is 3.24. The van der Waals surface area contributed by atoms with Gasteiger partial charge in [-0.15, -0.1) is 0 Å². The zero-order valence-electron chi connectivity index (χ0n) is 12.0. The van der Waals surface area contributed by atoms with Gasteiger partial charge in [-0.25, -0.2) is 16.8 Å². The Morgan fingerprint density at radius 2 is 1.30 bits per heavy atom. The lowest BCUT2D eigenvalue weighted by Crippen LogP contribution is -2.48. The normalized spacial score (nSPS) is 22.1. The molecule has 0 saturated heterocycles. The fraction of sp³-hybridized carbons (Fsp3) is 1.00. The molecular formula is C11H16F6O4S2. The zero-order chi connectivity index (χ0) is 18.3. The van der Waals surface area contributed by atoms with Crippen molar-refractivity contribution >= 4 is 19.7 Å². The first-order valence-electron chi connectivity index (χ1n) is 6.78. The van der Waals surface area contributed by atoms with E-state index in [1.165, 1.54) is 0 Å². The molecule has 1 rings (SSSR count). The van der Waals surface area contributed by atoms with E-state index >= 15 is 0 Å². The molecule has 0 heterocycles. The van der Waals surface area contributed by atoms with E-state index in [4.69, 9.17) is 0 Å². The van der Waals surface area contributed by atoms with Gasteiger partial charge in [0, 0.05) is 0 Å². The van der Waals surface area contributed by atoms with Crippen LogP contribution in [0.1, 0.15) is 45.4 Å². The predicted molar refractivity (Wildman–Crippen MR) is 69.5 cm³/mol. The van der Waals surface area contributed by atoms with Crippen LogP contribution in [0, 0.1) is 5.92 Å². The molecule has 1 saturated carbocycles. The van der Waals surface area contributed by atoms with Crippen molar-refractivity contribution in [3.8, 4) is 0 Å². The first kappa shape index (κ1) is 20.5. The Kier molecular flexibility index (Phi) is 5.43. The lowest BCUT2D eigenvalue weighted by molar-refractivity contribution is -0.0478. The lowest BCUT2D eigenvalue weighted by Gasteiger charge is -2.21. The number of hydrogen-bond acceptors (Lipinski definition) is 4. The molecule has 0 unspecified atom stereocenters. The van der Waals surface area contributed by atoms with Gasteiger partial charge in [0.05, 0.1) is 0 Å². The number of halogens is 6. The van der Waals surface area contributed by atoms with Crippen LogP contribution in [0.25, 0.3) is 0 Å². The van der Waals surface area contributed by atoms with Crippen molar-refractivity contribution in [2.75, 3.05) is 0 Å². The van der Waals surface area contributed by atoms with Gasteiger partial charge in [0.15, 0.2) is 4.08 Å². The first-order valence-corrected chi connectivity index (χ1v) is 9.75. The van der Waals surface area contributed by atoms with E-state index in [0.717, 1.165) is 6.42 Å². The summed E-state index contributed by atoms with van der Waals surface area (Å²) >= 11 is 0. The zero-order valence-corrected chi connectivity index (χ0v) is 13.7. The smallest absolute Gasteiger partial charge is 0.218 e. The summed E-state index contributed by atoms with van der Waals surface area (Å²) in [6, 6.07) is 0. The molecule has 1 atom stereocenters. The maximum Gasteiger partial charge on any atom is 0.498 e. The molecule has 0 spiro atoms. The van der Waals surface area contributed by atoms with Gasteiger partial charge >= 0.3 is 11.0 Å². The SMILES string of the molecule is CCCCCC[C@H]1CC1(S(=O)(=O)C(F)(F)F)S(=O)(=O)C(F)(F)F. The van der Waals surface area contributed by atoms with E-state index in [1.807, 2.05) is 6.92 Å². The monoisotopic (exact) mass is 390 g/mol. The van der Waals surface area contributed by atoms with Gasteiger partial charge < -0.3 is 0 Å². The van der Waals surface area contributed by atoms with Crippen molar-refractivity contribution in [1.29, 1.82) is 0 Å². The lowest BCUT2D eigenvalue weighted by atomic mass is 10.1. The molecule has 1 fully saturated rings. The summed E-state index contributed by atoms with van der Waals surface area (Å²) in [6.45, 7) is 1.82. The number of rotatable bonds is 7. The van der Waals surface area contributed by atoms with Crippen molar-refractivity contribution in [1.82, 2.24) is 0 Å². The molecule has 1 aliphatic carbocycles. The maximum absolute atomic E-state index is 12.7. The number of sulfone groups is 2. The molecule has 1 aliphatic rings. The Morgan fingerprint density at radius 3 is 1.65 bits per heavy atom. The molecule has 4 nitrogen and oxygen atoms in total. The van der Waals surface area contributed by atoms with Crippen LogP contribution in [0.2, 0.25) is 0 Å². The van der Waals surface area contributed by atoms with Gasteiger partial charge in [-0.1, -0.05) is 32.6 Å². The summed E-state index contributed by atoms with van der Waals surface area (Å²) in [5.74, 6) is -1.70. The van der Waals surface area contributed by atoms with Gasteiger partial charge in [-0.3, -0.25) is 0 Å². The van der Waals surface area contributed by atoms with Crippen LogP contribution in [-0.2, 0) is 19.7 Å². The van der Waals surface area contributed by atoms with Gasteiger partial charge in [0.25, 0.3) is 19.7 Å². The minimum atomic E-state index is -6.51. The van der Waals surface area contributed by atoms with E-state index in [9.17, 15) is 43.2 Å². The topological polar surface area (TPSA) is 68.3 Å². The minimum Gasteiger partial charge on any atom is -0.218 e. The largest absolute Gasteiger partial charge is 0.498 e. The molecule has 0 amide bonds. The van der Waals surface area contributed by atoms with Crippen molar-refractivity contribution in [2.24, 2.45) is 5.92 Å². The summed E-state index contributed by atoms with van der Waals surface area (Å²) in [7, 11) is -13.0. The van der Waals surface area contributed by atoms with Crippen LogP contribution in [0.3, 0.4) is 0 Å². The third-order valence-corrected chi connectivity index (χ3v) is 9.27. The second-order valence-electron chi connectivity index (χ2n) is 5.46. The van der Waals surface area contributed by atoms with Crippen LogP contribution in [0.5, 0.6) is 0 Å². The Bertz CT molecular complexity index is 588. The molecule has 0 aromatic carbocycles. The fourth-order valence-electron chi connectivity index (χ4n) is 2.62. The third-order valence-electron chi connectivity index (χ3n) is 3.92. The highest BCUT2D eigenvalue weighted by Gasteiger charge is 2.82. The van der Waals surface area contributed by atoms with Crippen LogP contribution in [-0.4, -0.2) is 31.9 Å². The first-order chi connectivity index (χ1) is 10.2. The van der Waals surface area contributed by atoms with E-state index in [0.29, 0.717) is 12.8 Å². The van der Waals surface area contributed by atoms with E-state index in [2.05, 4.69) is 0 Å². The molecule has 0 bridgehead atoms. The standard InChI is InChI=1S/C11H16F6O4S2/c1-2-3-4-5-6-8-7-9(8,22(18,19)10(12,13)14)23(20,21)11(15,16)17/h8H,2-7H2,1H3/t8-/m0/s1. The summed E-state index contributed by atoms with van der Waals surface area (Å²) < 4.78 is 118. The molecule has 12 heteroatoms. The van der Waals surface area contributed by atoms with E-state index in [1.54, 1.807) is 0 Å². The molecule has 0 radical (unpaired) electrons. The number of alkyl halides is 6. The highest BCUT2D eigenvalue weighted by molar-refractivity contribution is 8.11. The average Bonchev–Trinajstić information content (AvgIpc) is 3.08. The summed E-state index contributed by atoms with van der Waals surface area (Å²) in [6.07, 6.45) is 0.560. The van der Waals surface area contributed by atoms with Gasteiger partial charge in [0.2, 0.25) is 0 Å². The van der Waals surface area contributed by atoms with Gasteiger partial charge in [0.1, 0.15) is 0 Å². The van der Waals surface area contributed by atoms with Crippen molar-refractivity contribution in [2.45, 2.75) is 60.5 Å². The second kappa shape index (κ2) is 6.08. The number of hydrogen-bond donors (Lipinski definition) is 0. The van der Waals surface area contributed by atoms with E-state index < -0.39 is 47.1 Å². The summed E-state index contributed by atoms with van der Waals surface area (Å²) in [5, 5.41) is 0. The predicted octanol–water partition coefficient (Wildman–Crippen LogP) is 3.54. The highest BCUT2D eigenvalue weighted by atomic mass is 32.3. The summed E-state index contributed by atoms with van der Waals surface area (Å²) in [4.78, 5) is 0. The maximum atomic E-state index is 12.7. The van der Waals surface area contributed by atoms with Crippen LogP contribution >= 0.6 is 0 Å². The van der Waals surface area contributed by atoms with Crippen LogP contribution in [0.4, 0.5) is 26.3 Å². The molecule has 23 heavy (non-hydrogen) atoms. The van der Waals surface area contributed by atoms with Crippen LogP contribution in [0.15, 0.2) is 0 Å². The molecule has 0 aromatic heterocycles. The number of unbranched alkanes of at least 4 members (excludes halogenated alkanes) is 3. The quantitative estimate of drug-likeness (QED) is 0.493. The second-order valence-corrected chi connectivity index (χ2v) is 10.1. The Labute approximate surface area is 130 Å². The fourth-order valence-corrected chi connectivity index (χ4v) is 7.08. The Hall–Kier alpha value is -0.520. The molecule has 0 N–H and O–H groups in total. The third kappa shape index (κ3) is 3.20. The van der Waals surface area contributed by atoms with Gasteiger partial charge in [-0.2, -0.15) is 26.3 Å². The average molecular weight is 390 g/mol. The van der Waals surface area contributed by atoms with Gasteiger partial charge in [-0.05, 0) is 18.8 Å². The molecule has 0 aromatic rings. The van der Waals surface area contributed by atoms with Crippen molar-refractivity contribution in [3.05, 3.63) is 0 Å². The Morgan fingerprint density at radius 1 is 0.870 bits per heavy atom. The van der Waals surface area contributed by atoms with Crippen LogP contribution < -0.4 is 0 Å². The van der Waals surface area contributed by atoms with E-state index in [-0.39, 0.29) is 12.8 Å². The molecule has 138 valence electrons. The highest BCUT2D eigenvalue weighted by Crippen LogP contribution is 2.63.